The van der Waals surface area contributed by atoms with Crippen molar-refractivity contribution in [2.45, 2.75) is 57.1 Å². The summed E-state index contributed by atoms with van der Waals surface area (Å²) in [6, 6.07) is 9.71. The summed E-state index contributed by atoms with van der Waals surface area (Å²) < 4.78 is 20.4. The maximum absolute atomic E-state index is 11.5. The van der Waals surface area contributed by atoms with E-state index in [1.165, 1.54) is 0 Å². The summed E-state index contributed by atoms with van der Waals surface area (Å²) in [7, 11) is 0. The van der Waals surface area contributed by atoms with Gasteiger partial charge in [-0.15, -0.1) is 0 Å². The Morgan fingerprint density at radius 2 is 2.00 bits per heavy atom. The lowest BCUT2D eigenvalue weighted by molar-refractivity contribution is -0.0722. The highest BCUT2D eigenvalue weighted by Gasteiger charge is 2.42. The van der Waals surface area contributed by atoms with Gasteiger partial charge in [-0.1, -0.05) is 35.1 Å². The average molecular weight is 582 g/mol. The van der Waals surface area contributed by atoms with Crippen molar-refractivity contribution in [3.63, 3.8) is 0 Å². The summed E-state index contributed by atoms with van der Waals surface area (Å²) in [6.45, 7) is 5.76. The van der Waals surface area contributed by atoms with E-state index in [1.54, 1.807) is 12.3 Å². The van der Waals surface area contributed by atoms with Gasteiger partial charge in [0, 0.05) is 25.3 Å². The Labute approximate surface area is 239 Å². The number of piperidine rings is 1. The van der Waals surface area contributed by atoms with E-state index in [2.05, 4.69) is 25.5 Å². The SMILES string of the molecule is CC1(c2ccc(Cl)cn2)Oc2cccc(C3CCN(Cc4nc5sc(C(=O)O)nc5n4CC4CCO4)CC3)c2O1. The van der Waals surface area contributed by atoms with Gasteiger partial charge in [0.25, 0.3) is 5.79 Å². The number of carboxylic acid groups (broad SMARTS) is 1. The molecule has 1 N–H and O–H groups in total. The monoisotopic (exact) mass is 581 g/mol. The van der Waals surface area contributed by atoms with Gasteiger partial charge in [0.1, 0.15) is 11.5 Å². The molecule has 12 heteroatoms. The lowest BCUT2D eigenvalue weighted by Crippen LogP contribution is -2.35. The van der Waals surface area contributed by atoms with Crippen LogP contribution in [0.3, 0.4) is 0 Å². The number of imidazole rings is 1. The molecule has 10 nitrogen and oxygen atoms in total. The number of benzene rings is 1. The Morgan fingerprint density at radius 3 is 2.70 bits per heavy atom. The molecule has 2 atom stereocenters. The Bertz CT molecular complexity index is 1580. The van der Waals surface area contributed by atoms with Crippen molar-refractivity contribution in [1.82, 2.24) is 24.4 Å². The number of likely N-dealkylation sites (tertiary alicyclic amines) is 1. The lowest BCUT2D eigenvalue weighted by Gasteiger charge is -2.33. The van der Waals surface area contributed by atoms with Gasteiger partial charge in [-0.05, 0) is 56.5 Å². The first-order valence-electron chi connectivity index (χ1n) is 13.4. The maximum Gasteiger partial charge on any atom is 0.365 e. The highest BCUT2D eigenvalue weighted by molar-refractivity contribution is 7.19. The number of hydrogen-bond acceptors (Lipinski definition) is 9. The molecule has 0 radical (unpaired) electrons. The molecule has 0 bridgehead atoms. The molecule has 4 aromatic rings. The van der Waals surface area contributed by atoms with Crippen molar-refractivity contribution < 1.29 is 24.1 Å². The standard InChI is InChI=1S/C28H28ClN5O5S/c1-28(21-6-5-17(29)13-30-21)38-20-4-2-3-19(23(20)39-28)16-7-10-33(11-8-16)15-22-31-25-24(32-26(40-25)27(35)36)34(22)14-18-9-12-37-18/h2-6,13,16,18H,7-12,14-15H2,1H3,(H,35,36). The summed E-state index contributed by atoms with van der Waals surface area (Å²) in [4.78, 5) is 28.1. The molecule has 0 spiro atoms. The molecule has 6 heterocycles. The fourth-order valence-electron chi connectivity index (χ4n) is 5.71. The van der Waals surface area contributed by atoms with E-state index in [1.807, 2.05) is 25.1 Å². The Kier molecular flexibility index (Phi) is 6.42. The smallest absolute Gasteiger partial charge is 0.365 e. The van der Waals surface area contributed by atoms with Crippen molar-refractivity contribution in [2.75, 3.05) is 19.7 Å². The fourth-order valence-corrected chi connectivity index (χ4v) is 6.62. The number of para-hydroxylation sites is 1. The molecule has 208 valence electrons. The predicted octanol–water partition coefficient (Wildman–Crippen LogP) is 5.05. The van der Waals surface area contributed by atoms with Gasteiger partial charge in [-0.2, -0.15) is 0 Å². The van der Waals surface area contributed by atoms with Gasteiger partial charge in [-0.25, -0.2) is 14.8 Å². The molecule has 40 heavy (non-hydrogen) atoms. The Morgan fingerprint density at radius 1 is 1.18 bits per heavy atom. The summed E-state index contributed by atoms with van der Waals surface area (Å²) >= 11 is 7.16. The minimum absolute atomic E-state index is 0.0673. The third-order valence-electron chi connectivity index (χ3n) is 7.95. The number of nitrogens with zero attached hydrogens (tertiary/aromatic N) is 5. The first-order valence-corrected chi connectivity index (χ1v) is 14.6. The number of ether oxygens (including phenoxy) is 3. The summed E-state index contributed by atoms with van der Waals surface area (Å²) in [6.07, 6.45) is 4.65. The highest BCUT2D eigenvalue weighted by atomic mass is 35.5. The molecule has 2 unspecified atom stereocenters. The van der Waals surface area contributed by atoms with E-state index in [-0.39, 0.29) is 11.1 Å². The number of thiazole rings is 1. The normalized spacial score (nSPS) is 23.0. The number of pyridine rings is 1. The van der Waals surface area contributed by atoms with Crippen molar-refractivity contribution in [1.29, 1.82) is 0 Å². The zero-order valence-electron chi connectivity index (χ0n) is 21.9. The van der Waals surface area contributed by atoms with Crippen LogP contribution in [0, 0.1) is 0 Å². The van der Waals surface area contributed by atoms with Crippen LogP contribution in [-0.4, -0.2) is 61.3 Å². The van der Waals surface area contributed by atoms with Crippen LogP contribution in [0.25, 0.3) is 10.5 Å². The minimum Gasteiger partial charge on any atom is -0.476 e. The molecule has 2 fully saturated rings. The van der Waals surface area contributed by atoms with E-state index < -0.39 is 11.8 Å². The zero-order valence-corrected chi connectivity index (χ0v) is 23.5. The van der Waals surface area contributed by atoms with E-state index in [9.17, 15) is 9.90 Å². The van der Waals surface area contributed by atoms with E-state index in [0.29, 0.717) is 40.2 Å². The summed E-state index contributed by atoms with van der Waals surface area (Å²) in [5.41, 5.74) is 2.46. The average Bonchev–Trinajstić information content (AvgIpc) is 3.58. The van der Waals surface area contributed by atoms with Crippen LogP contribution in [-0.2, 0) is 23.6 Å². The van der Waals surface area contributed by atoms with Crippen molar-refractivity contribution in [3.05, 3.63) is 63.6 Å². The predicted molar refractivity (Wildman–Crippen MR) is 148 cm³/mol. The first kappa shape index (κ1) is 25.7. The number of rotatable bonds is 7. The number of aromatic nitrogens is 4. The molecule has 7 rings (SSSR count). The van der Waals surface area contributed by atoms with E-state index in [0.717, 1.165) is 73.2 Å². The van der Waals surface area contributed by atoms with Crippen LogP contribution in [0.15, 0.2) is 36.5 Å². The van der Waals surface area contributed by atoms with Crippen molar-refractivity contribution in [2.24, 2.45) is 0 Å². The van der Waals surface area contributed by atoms with Gasteiger partial charge in [0.05, 0.1) is 24.2 Å². The molecule has 0 saturated carbocycles. The minimum atomic E-state index is -1.02. The number of halogens is 1. The van der Waals surface area contributed by atoms with Crippen LogP contribution in [0.4, 0.5) is 0 Å². The Balaban J connectivity index is 1.06. The van der Waals surface area contributed by atoms with E-state index in [4.69, 9.17) is 30.8 Å². The van der Waals surface area contributed by atoms with Gasteiger partial charge >= 0.3 is 5.97 Å². The fraction of sp³-hybridized carbons (Fsp3) is 0.429. The molecular formula is C28H28ClN5O5S. The van der Waals surface area contributed by atoms with Crippen LogP contribution in [0.1, 0.15) is 59.0 Å². The van der Waals surface area contributed by atoms with Crippen LogP contribution in [0.2, 0.25) is 5.02 Å². The summed E-state index contributed by atoms with van der Waals surface area (Å²) in [5, 5.41) is 10.0. The second-order valence-electron chi connectivity index (χ2n) is 10.6. The topological polar surface area (TPSA) is 112 Å². The quantitative estimate of drug-likeness (QED) is 0.320. The summed E-state index contributed by atoms with van der Waals surface area (Å²) in [5.74, 6) is 0.728. The van der Waals surface area contributed by atoms with Crippen molar-refractivity contribution in [3.8, 4) is 11.5 Å². The molecular weight excluding hydrogens is 554 g/mol. The van der Waals surface area contributed by atoms with Crippen molar-refractivity contribution >= 4 is 39.4 Å². The molecule has 1 aromatic carbocycles. The second-order valence-corrected chi connectivity index (χ2v) is 12.0. The second kappa shape index (κ2) is 9.99. The third-order valence-corrected chi connectivity index (χ3v) is 9.10. The number of fused-ring (bicyclic) bond motifs is 2. The number of carboxylic acids is 1. The lowest BCUT2D eigenvalue weighted by atomic mass is 9.88. The first-order chi connectivity index (χ1) is 19.4. The van der Waals surface area contributed by atoms with Crippen LogP contribution < -0.4 is 9.47 Å². The zero-order chi connectivity index (χ0) is 27.4. The van der Waals surface area contributed by atoms with Gasteiger partial charge in [0.2, 0.25) is 5.01 Å². The van der Waals surface area contributed by atoms with Crippen LogP contribution >= 0.6 is 22.9 Å². The highest BCUT2D eigenvalue weighted by Crippen LogP contribution is 2.49. The maximum atomic E-state index is 11.5. The molecule has 0 amide bonds. The van der Waals surface area contributed by atoms with Gasteiger partial charge in [0.15, 0.2) is 22.0 Å². The van der Waals surface area contributed by atoms with Gasteiger partial charge < -0.3 is 23.9 Å². The Hall–Kier alpha value is -3.25. The van der Waals surface area contributed by atoms with E-state index >= 15 is 0 Å². The molecule has 3 aliphatic rings. The molecule has 2 saturated heterocycles. The third kappa shape index (κ3) is 4.60. The number of aromatic carboxylic acids is 1. The van der Waals surface area contributed by atoms with Crippen LogP contribution in [0.5, 0.6) is 11.5 Å². The molecule has 3 aliphatic heterocycles. The number of hydrogen-bond donors (Lipinski definition) is 1. The number of carbonyl (C=O) groups is 1. The molecule has 0 aliphatic carbocycles. The molecule has 3 aromatic heterocycles. The largest absolute Gasteiger partial charge is 0.476 e. The van der Waals surface area contributed by atoms with Gasteiger partial charge in [-0.3, -0.25) is 9.88 Å².